The third-order valence-electron chi connectivity index (χ3n) is 9.54. The molecule has 224 valence electrons. The summed E-state index contributed by atoms with van der Waals surface area (Å²) in [6, 6.07) is 41.3. The van der Waals surface area contributed by atoms with Gasteiger partial charge in [0, 0.05) is 67.7 Å². The number of nitrogens with one attached hydrogen (secondary N) is 1. The number of carbonyl (C=O) groups is 1. The van der Waals surface area contributed by atoms with E-state index in [4.69, 9.17) is 0 Å². The molecular formula is C39H42N4O. The van der Waals surface area contributed by atoms with E-state index in [9.17, 15) is 4.79 Å². The first kappa shape index (κ1) is 28.6. The van der Waals surface area contributed by atoms with Crippen LogP contribution in [0.25, 0.3) is 10.9 Å². The first-order chi connectivity index (χ1) is 21.8. The number of rotatable bonds is 9. The molecule has 2 aliphatic heterocycles. The van der Waals surface area contributed by atoms with Crippen LogP contribution in [0.15, 0.2) is 115 Å². The van der Waals surface area contributed by atoms with Crippen molar-refractivity contribution in [3.8, 4) is 0 Å². The summed E-state index contributed by atoms with van der Waals surface area (Å²) in [7, 11) is 0. The fraction of sp³-hybridized carbons (Fsp3) is 0.308. The third-order valence-corrected chi connectivity index (χ3v) is 9.54. The molecule has 5 nitrogen and oxygen atoms in total. The smallest absolute Gasteiger partial charge is 0.270 e. The van der Waals surface area contributed by atoms with Gasteiger partial charge in [-0.1, -0.05) is 109 Å². The average Bonchev–Trinajstić information content (AvgIpc) is 3.72. The fourth-order valence-electron chi connectivity index (χ4n) is 7.29. The van der Waals surface area contributed by atoms with Crippen LogP contribution in [-0.4, -0.2) is 59.0 Å². The maximum atomic E-state index is 14.9. The molecule has 0 spiro atoms. The summed E-state index contributed by atoms with van der Waals surface area (Å²) >= 11 is 0. The minimum Gasteiger partial charge on any atom is -0.336 e. The van der Waals surface area contributed by atoms with Crippen molar-refractivity contribution in [3.05, 3.63) is 143 Å². The van der Waals surface area contributed by atoms with E-state index in [0.29, 0.717) is 6.04 Å². The number of aryl methyl sites for hydroxylation is 1. The Hall–Kier alpha value is -4.19. The lowest BCUT2D eigenvalue weighted by molar-refractivity contribution is 0.0617. The number of benzene rings is 4. The van der Waals surface area contributed by atoms with Gasteiger partial charge < -0.3 is 14.8 Å². The molecule has 0 radical (unpaired) electrons. The van der Waals surface area contributed by atoms with Gasteiger partial charge in [-0.15, -0.1) is 0 Å². The third kappa shape index (κ3) is 5.95. The molecule has 0 bridgehead atoms. The Morgan fingerprint density at radius 3 is 2.00 bits per heavy atom. The minimum absolute atomic E-state index is 0.0496. The Balaban J connectivity index is 1.30. The number of piperazine rings is 1. The Kier molecular flexibility index (Phi) is 8.58. The normalized spacial score (nSPS) is 17.5. The molecule has 5 heteroatoms. The predicted molar refractivity (Wildman–Crippen MR) is 179 cm³/mol. The van der Waals surface area contributed by atoms with Crippen LogP contribution >= 0.6 is 0 Å². The molecule has 4 aromatic carbocycles. The van der Waals surface area contributed by atoms with Crippen LogP contribution < -0.4 is 5.32 Å². The van der Waals surface area contributed by atoms with Gasteiger partial charge in [0.2, 0.25) is 0 Å². The highest BCUT2D eigenvalue weighted by Gasteiger charge is 2.33. The second kappa shape index (κ2) is 13.2. The monoisotopic (exact) mass is 582 g/mol. The topological polar surface area (TPSA) is 40.5 Å². The molecule has 3 heterocycles. The van der Waals surface area contributed by atoms with Crippen molar-refractivity contribution < 1.29 is 4.79 Å². The zero-order valence-corrected chi connectivity index (χ0v) is 25.4. The summed E-state index contributed by atoms with van der Waals surface area (Å²) in [5.74, 6) is 0.110. The van der Waals surface area contributed by atoms with Crippen molar-refractivity contribution in [3.63, 3.8) is 0 Å². The van der Waals surface area contributed by atoms with Crippen molar-refractivity contribution in [2.24, 2.45) is 0 Å². The summed E-state index contributed by atoms with van der Waals surface area (Å²) in [6.07, 6.45) is 3.45. The lowest BCUT2D eigenvalue weighted by Gasteiger charge is -2.35. The molecule has 1 atom stereocenters. The van der Waals surface area contributed by atoms with Crippen molar-refractivity contribution in [1.29, 1.82) is 0 Å². The number of hydrogen-bond donors (Lipinski definition) is 1. The maximum Gasteiger partial charge on any atom is 0.270 e. The summed E-state index contributed by atoms with van der Waals surface area (Å²) in [4.78, 5) is 19.5. The minimum atomic E-state index is -0.0496. The van der Waals surface area contributed by atoms with Crippen LogP contribution in [0, 0.1) is 0 Å². The van der Waals surface area contributed by atoms with E-state index >= 15 is 0 Å². The molecule has 0 saturated carbocycles. The predicted octanol–water partition coefficient (Wildman–Crippen LogP) is 6.92. The highest BCUT2D eigenvalue weighted by Crippen LogP contribution is 2.41. The van der Waals surface area contributed by atoms with E-state index in [2.05, 4.69) is 135 Å². The van der Waals surface area contributed by atoms with Gasteiger partial charge >= 0.3 is 0 Å². The zero-order chi connectivity index (χ0) is 29.7. The summed E-state index contributed by atoms with van der Waals surface area (Å²) in [5, 5.41) is 4.86. The van der Waals surface area contributed by atoms with Gasteiger partial charge in [0.05, 0.1) is 0 Å². The molecule has 1 amide bonds. The van der Waals surface area contributed by atoms with Gasteiger partial charge in [0.15, 0.2) is 0 Å². The van der Waals surface area contributed by atoms with Gasteiger partial charge in [-0.2, -0.15) is 0 Å². The number of carbonyl (C=O) groups excluding carboxylic acids is 1. The van der Waals surface area contributed by atoms with E-state index < -0.39 is 0 Å². The van der Waals surface area contributed by atoms with E-state index in [1.807, 2.05) is 0 Å². The second-order valence-corrected chi connectivity index (χ2v) is 12.3. The number of para-hydroxylation sites is 1. The van der Waals surface area contributed by atoms with E-state index in [1.54, 1.807) is 0 Å². The molecule has 44 heavy (non-hydrogen) atoms. The molecule has 5 aromatic rings. The van der Waals surface area contributed by atoms with Crippen molar-refractivity contribution in [1.82, 2.24) is 19.7 Å². The summed E-state index contributed by atoms with van der Waals surface area (Å²) < 4.78 is 2.36. The van der Waals surface area contributed by atoms with Gasteiger partial charge in [-0.05, 0) is 48.6 Å². The molecule has 1 aromatic heterocycles. The van der Waals surface area contributed by atoms with Crippen molar-refractivity contribution in [2.75, 3.05) is 32.7 Å². The Bertz CT molecular complexity index is 1630. The summed E-state index contributed by atoms with van der Waals surface area (Å²) in [6.45, 7) is 6.06. The van der Waals surface area contributed by atoms with Crippen LogP contribution in [0.2, 0.25) is 0 Å². The van der Waals surface area contributed by atoms with E-state index in [1.165, 1.54) is 34.9 Å². The van der Waals surface area contributed by atoms with E-state index in [-0.39, 0.29) is 11.8 Å². The molecule has 1 N–H and O–H groups in total. The number of hydrogen-bond acceptors (Lipinski definition) is 3. The number of amides is 1. The fourth-order valence-corrected chi connectivity index (χ4v) is 7.29. The highest BCUT2D eigenvalue weighted by atomic mass is 16.2. The lowest BCUT2D eigenvalue weighted by atomic mass is 9.83. The maximum absolute atomic E-state index is 14.9. The largest absolute Gasteiger partial charge is 0.336 e. The average molecular weight is 583 g/mol. The molecule has 2 saturated heterocycles. The van der Waals surface area contributed by atoms with Gasteiger partial charge in [-0.25, -0.2) is 0 Å². The van der Waals surface area contributed by atoms with Crippen molar-refractivity contribution in [2.45, 2.75) is 44.3 Å². The number of nitrogens with zero attached hydrogens (tertiary/aromatic N) is 3. The van der Waals surface area contributed by atoms with Gasteiger partial charge in [0.1, 0.15) is 5.69 Å². The Labute approximate surface area is 261 Å². The number of fused-ring (bicyclic) bond motifs is 1. The lowest BCUT2D eigenvalue weighted by Crippen LogP contribution is -2.48. The Morgan fingerprint density at radius 2 is 1.36 bits per heavy atom. The van der Waals surface area contributed by atoms with Crippen LogP contribution in [0.4, 0.5) is 0 Å². The van der Waals surface area contributed by atoms with Gasteiger partial charge in [0.25, 0.3) is 5.91 Å². The highest BCUT2D eigenvalue weighted by molar-refractivity contribution is 6.03. The SMILES string of the molecule is O=C(c1c(C(c2ccccc2)c2ccccc2)c2ccccc2n1CCC1CCCN1)N1CCN(Cc2ccccc2)CC1. The molecule has 7 rings (SSSR count). The summed E-state index contributed by atoms with van der Waals surface area (Å²) in [5.41, 5.74) is 6.89. The standard InChI is InChI=1S/C39H42N4O/c44-39(42-27-25-41(26-28-42)29-30-13-4-1-5-14-30)38-37(36(31-15-6-2-7-16-31)32-17-8-3-9-18-32)34-20-10-11-21-35(34)43(38)24-22-33-19-12-23-40-33/h1-11,13-18,20-21,33,36,40H,12,19,22-29H2. The van der Waals surface area contributed by atoms with Crippen LogP contribution in [0.3, 0.4) is 0 Å². The van der Waals surface area contributed by atoms with Crippen LogP contribution in [-0.2, 0) is 13.1 Å². The van der Waals surface area contributed by atoms with Crippen molar-refractivity contribution >= 4 is 16.8 Å². The number of aromatic nitrogens is 1. The quantitative estimate of drug-likeness (QED) is 0.205. The van der Waals surface area contributed by atoms with E-state index in [0.717, 1.165) is 69.0 Å². The first-order valence-corrected chi connectivity index (χ1v) is 16.3. The van der Waals surface area contributed by atoms with Gasteiger partial charge in [-0.3, -0.25) is 9.69 Å². The second-order valence-electron chi connectivity index (χ2n) is 12.3. The zero-order valence-electron chi connectivity index (χ0n) is 25.4. The molecule has 2 fully saturated rings. The molecule has 2 aliphatic rings. The first-order valence-electron chi connectivity index (χ1n) is 16.3. The molecular weight excluding hydrogens is 540 g/mol. The van der Waals surface area contributed by atoms with Crippen LogP contribution in [0.1, 0.15) is 57.9 Å². The molecule has 0 aliphatic carbocycles. The molecule has 1 unspecified atom stereocenters. The Morgan fingerprint density at radius 1 is 0.750 bits per heavy atom. The van der Waals surface area contributed by atoms with Crippen LogP contribution in [0.5, 0.6) is 0 Å².